The van der Waals surface area contributed by atoms with Crippen molar-refractivity contribution in [3.8, 4) is 0 Å². The van der Waals surface area contributed by atoms with Gasteiger partial charge >= 0.3 is 0 Å². The Kier molecular flexibility index (Phi) is 3.62. The van der Waals surface area contributed by atoms with Crippen LogP contribution in [0.15, 0.2) is 36.5 Å². The van der Waals surface area contributed by atoms with E-state index in [2.05, 4.69) is 60.3 Å². The van der Waals surface area contributed by atoms with E-state index in [4.69, 9.17) is 0 Å². The zero-order valence-electron chi connectivity index (χ0n) is 10.1. The molecule has 2 heteroatoms. The van der Waals surface area contributed by atoms with Crippen LogP contribution < -0.4 is 5.32 Å². The van der Waals surface area contributed by atoms with Crippen LogP contribution >= 0.6 is 0 Å². The standard InChI is InChI=1S/C14H20N2/c1-3-12(2)15-9-11-16-10-8-13-6-4-5-7-14(13)16/h4-8,10,12,15H,3,9,11H2,1-2H3. The molecule has 0 saturated heterocycles. The average Bonchev–Trinajstić information content (AvgIpc) is 2.73. The summed E-state index contributed by atoms with van der Waals surface area (Å²) < 4.78 is 2.31. The number of rotatable bonds is 5. The Balaban J connectivity index is 1.99. The van der Waals surface area contributed by atoms with Gasteiger partial charge in [-0.3, -0.25) is 0 Å². The first-order valence-corrected chi connectivity index (χ1v) is 6.08. The molecule has 1 aromatic heterocycles. The van der Waals surface area contributed by atoms with Crippen molar-refractivity contribution in [2.45, 2.75) is 32.9 Å². The Morgan fingerprint density at radius 3 is 2.88 bits per heavy atom. The maximum atomic E-state index is 3.51. The van der Waals surface area contributed by atoms with E-state index in [0.717, 1.165) is 13.1 Å². The van der Waals surface area contributed by atoms with Gasteiger partial charge in [0.2, 0.25) is 0 Å². The summed E-state index contributed by atoms with van der Waals surface area (Å²) in [4.78, 5) is 0. The quantitative estimate of drug-likeness (QED) is 0.813. The maximum Gasteiger partial charge on any atom is 0.0480 e. The largest absolute Gasteiger partial charge is 0.346 e. The second-order valence-corrected chi connectivity index (χ2v) is 4.33. The minimum Gasteiger partial charge on any atom is -0.346 e. The fraction of sp³-hybridized carbons (Fsp3) is 0.429. The van der Waals surface area contributed by atoms with Gasteiger partial charge in [-0.1, -0.05) is 25.1 Å². The summed E-state index contributed by atoms with van der Waals surface area (Å²) in [6.45, 7) is 6.52. The van der Waals surface area contributed by atoms with Gasteiger partial charge in [-0.15, -0.1) is 0 Å². The number of hydrogen-bond donors (Lipinski definition) is 1. The molecule has 0 amide bonds. The number of hydrogen-bond acceptors (Lipinski definition) is 1. The number of nitrogens with one attached hydrogen (secondary N) is 1. The Hall–Kier alpha value is -1.28. The van der Waals surface area contributed by atoms with E-state index < -0.39 is 0 Å². The predicted octanol–water partition coefficient (Wildman–Crippen LogP) is 3.03. The van der Waals surface area contributed by atoms with Gasteiger partial charge in [0.1, 0.15) is 0 Å². The molecule has 1 atom stereocenters. The summed E-state index contributed by atoms with van der Waals surface area (Å²) in [6, 6.07) is 11.3. The third-order valence-electron chi connectivity index (χ3n) is 3.14. The van der Waals surface area contributed by atoms with Gasteiger partial charge < -0.3 is 9.88 Å². The van der Waals surface area contributed by atoms with Crippen molar-refractivity contribution in [1.29, 1.82) is 0 Å². The van der Waals surface area contributed by atoms with Gasteiger partial charge in [0, 0.05) is 30.8 Å². The molecule has 0 aliphatic heterocycles. The van der Waals surface area contributed by atoms with Gasteiger partial charge in [0.15, 0.2) is 0 Å². The van der Waals surface area contributed by atoms with Crippen LogP contribution in [0.1, 0.15) is 20.3 Å². The van der Waals surface area contributed by atoms with Crippen LogP contribution in [0.5, 0.6) is 0 Å². The SMILES string of the molecule is CCC(C)NCCn1ccc2ccccc21. The molecule has 86 valence electrons. The summed E-state index contributed by atoms with van der Waals surface area (Å²) in [5.74, 6) is 0. The van der Waals surface area contributed by atoms with E-state index in [1.54, 1.807) is 0 Å². The molecule has 1 heterocycles. The van der Waals surface area contributed by atoms with E-state index in [1.165, 1.54) is 17.3 Å². The number of fused-ring (bicyclic) bond motifs is 1. The minimum atomic E-state index is 0.613. The Morgan fingerprint density at radius 1 is 1.25 bits per heavy atom. The van der Waals surface area contributed by atoms with Crippen molar-refractivity contribution in [3.05, 3.63) is 36.5 Å². The van der Waals surface area contributed by atoms with Crippen LogP contribution in [0, 0.1) is 0 Å². The highest BCUT2D eigenvalue weighted by Gasteiger charge is 2.00. The van der Waals surface area contributed by atoms with Crippen LogP contribution in [0.4, 0.5) is 0 Å². The Labute approximate surface area is 97.3 Å². The highest BCUT2D eigenvalue weighted by Crippen LogP contribution is 2.14. The van der Waals surface area contributed by atoms with Crippen molar-refractivity contribution in [2.24, 2.45) is 0 Å². The Bertz CT molecular complexity index is 445. The number of benzene rings is 1. The van der Waals surface area contributed by atoms with E-state index in [9.17, 15) is 0 Å². The Morgan fingerprint density at radius 2 is 2.06 bits per heavy atom. The van der Waals surface area contributed by atoms with Crippen LogP contribution in [0.2, 0.25) is 0 Å². The van der Waals surface area contributed by atoms with E-state index in [0.29, 0.717) is 6.04 Å². The topological polar surface area (TPSA) is 17.0 Å². The third-order valence-corrected chi connectivity index (χ3v) is 3.14. The predicted molar refractivity (Wildman–Crippen MR) is 69.7 cm³/mol. The van der Waals surface area contributed by atoms with Crippen LogP contribution in [0.3, 0.4) is 0 Å². The van der Waals surface area contributed by atoms with E-state index >= 15 is 0 Å². The molecule has 0 fully saturated rings. The number of nitrogens with zero attached hydrogens (tertiary/aromatic N) is 1. The number of para-hydroxylation sites is 1. The molecule has 2 rings (SSSR count). The molecule has 0 aliphatic carbocycles. The maximum absolute atomic E-state index is 3.51. The lowest BCUT2D eigenvalue weighted by atomic mass is 10.2. The van der Waals surface area contributed by atoms with Crippen molar-refractivity contribution in [3.63, 3.8) is 0 Å². The molecule has 0 bridgehead atoms. The molecular formula is C14H20N2. The lowest BCUT2D eigenvalue weighted by Crippen LogP contribution is -2.28. The lowest BCUT2D eigenvalue weighted by Gasteiger charge is -2.12. The van der Waals surface area contributed by atoms with Crippen molar-refractivity contribution in [2.75, 3.05) is 6.54 Å². The first-order valence-electron chi connectivity index (χ1n) is 6.08. The summed E-state index contributed by atoms with van der Waals surface area (Å²) in [5.41, 5.74) is 1.33. The second-order valence-electron chi connectivity index (χ2n) is 4.33. The molecule has 2 aromatic rings. The summed E-state index contributed by atoms with van der Waals surface area (Å²) >= 11 is 0. The summed E-state index contributed by atoms with van der Waals surface area (Å²) in [7, 11) is 0. The molecular weight excluding hydrogens is 196 g/mol. The molecule has 0 saturated carbocycles. The fourth-order valence-electron chi connectivity index (χ4n) is 1.91. The van der Waals surface area contributed by atoms with Crippen LogP contribution in [0.25, 0.3) is 10.9 Å². The summed E-state index contributed by atoms with van der Waals surface area (Å²) in [5, 5.41) is 4.84. The third kappa shape index (κ3) is 2.45. The zero-order valence-corrected chi connectivity index (χ0v) is 10.1. The number of aromatic nitrogens is 1. The molecule has 1 N–H and O–H groups in total. The van der Waals surface area contributed by atoms with Gasteiger partial charge in [0.25, 0.3) is 0 Å². The first-order chi connectivity index (χ1) is 7.81. The van der Waals surface area contributed by atoms with E-state index in [1.807, 2.05) is 0 Å². The molecule has 16 heavy (non-hydrogen) atoms. The molecule has 0 spiro atoms. The van der Waals surface area contributed by atoms with Gasteiger partial charge in [-0.2, -0.15) is 0 Å². The molecule has 1 aromatic carbocycles. The van der Waals surface area contributed by atoms with Gasteiger partial charge in [0.05, 0.1) is 0 Å². The fourth-order valence-corrected chi connectivity index (χ4v) is 1.91. The van der Waals surface area contributed by atoms with Crippen molar-refractivity contribution >= 4 is 10.9 Å². The van der Waals surface area contributed by atoms with E-state index in [-0.39, 0.29) is 0 Å². The summed E-state index contributed by atoms with van der Waals surface area (Å²) in [6.07, 6.45) is 3.36. The van der Waals surface area contributed by atoms with Crippen LogP contribution in [-0.2, 0) is 6.54 Å². The average molecular weight is 216 g/mol. The van der Waals surface area contributed by atoms with Gasteiger partial charge in [-0.25, -0.2) is 0 Å². The highest BCUT2D eigenvalue weighted by atomic mass is 15.0. The van der Waals surface area contributed by atoms with Gasteiger partial charge in [-0.05, 0) is 30.9 Å². The molecule has 0 aliphatic rings. The molecule has 0 radical (unpaired) electrons. The highest BCUT2D eigenvalue weighted by molar-refractivity contribution is 5.79. The molecule has 1 unspecified atom stereocenters. The molecule has 2 nitrogen and oxygen atoms in total. The smallest absolute Gasteiger partial charge is 0.0480 e. The monoisotopic (exact) mass is 216 g/mol. The lowest BCUT2D eigenvalue weighted by molar-refractivity contribution is 0.509. The van der Waals surface area contributed by atoms with Crippen LogP contribution in [-0.4, -0.2) is 17.2 Å². The first kappa shape index (κ1) is 11.2. The van der Waals surface area contributed by atoms with Crippen molar-refractivity contribution in [1.82, 2.24) is 9.88 Å². The zero-order chi connectivity index (χ0) is 11.4. The van der Waals surface area contributed by atoms with Crippen molar-refractivity contribution < 1.29 is 0 Å². The normalized spacial score (nSPS) is 13.1. The second kappa shape index (κ2) is 5.17. The minimum absolute atomic E-state index is 0.613.